The normalized spacial score (nSPS) is 11.9. The van der Waals surface area contributed by atoms with Crippen molar-refractivity contribution in [1.82, 2.24) is 14.5 Å². The Hall–Kier alpha value is -0.920. The summed E-state index contributed by atoms with van der Waals surface area (Å²) in [6.07, 6.45) is 2.61. The van der Waals surface area contributed by atoms with Gasteiger partial charge in [-0.1, -0.05) is 6.92 Å². The molecular formula is C9H18N4O2S. The summed E-state index contributed by atoms with van der Waals surface area (Å²) in [6.45, 7) is 2.39. The molecule has 1 rings (SSSR count). The van der Waals surface area contributed by atoms with Crippen LogP contribution in [0.2, 0.25) is 0 Å². The van der Waals surface area contributed by atoms with Crippen LogP contribution in [0, 0.1) is 0 Å². The number of aromatic nitrogens is 2. The fraction of sp³-hybridized carbons (Fsp3) is 0.667. The van der Waals surface area contributed by atoms with E-state index in [0.29, 0.717) is 0 Å². The highest BCUT2D eigenvalue weighted by Gasteiger charge is 2.11. The number of nitrogens with two attached hydrogens (primary N) is 1. The van der Waals surface area contributed by atoms with Gasteiger partial charge in [0.25, 0.3) is 0 Å². The molecule has 1 aromatic heterocycles. The van der Waals surface area contributed by atoms with Crippen LogP contribution < -0.4 is 10.5 Å². The Bertz CT molecular complexity index is 438. The monoisotopic (exact) mass is 246 g/mol. The van der Waals surface area contributed by atoms with Gasteiger partial charge in [0, 0.05) is 31.9 Å². The summed E-state index contributed by atoms with van der Waals surface area (Å²) >= 11 is 0. The van der Waals surface area contributed by atoms with Gasteiger partial charge in [-0.25, -0.2) is 13.1 Å². The van der Waals surface area contributed by atoms with Crippen LogP contribution >= 0.6 is 0 Å². The van der Waals surface area contributed by atoms with Gasteiger partial charge in [0.05, 0.1) is 11.4 Å². The maximum absolute atomic E-state index is 11.4. The van der Waals surface area contributed by atoms with E-state index in [1.165, 1.54) is 0 Å². The van der Waals surface area contributed by atoms with E-state index in [9.17, 15) is 8.42 Å². The number of sulfonamides is 1. The summed E-state index contributed by atoms with van der Waals surface area (Å²) in [4.78, 5) is 0. The van der Waals surface area contributed by atoms with Gasteiger partial charge in [-0.15, -0.1) is 0 Å². The summed E-state index contributed by atoms with van der Waals surface area (Å²) in [7, 11) is -1.44. The van der Waals surface area contributed by atoms with Crippen LogP contribution in [-0.2, 0) is 30.0 Å². The zero-order valence-corrected chi connectivity index (χ0v) is 10.4. The predicted molar refractivity (Wildman–Crippen MR) is 62.3 cm³/mol. The van der Waals surface area contributed by atoms with E-state index in [1.807, 2.05) is 20.2 Å². The molecule has 6 nitrogen and oxygen atoms in total. The molecule has 0 radical (unpaired) electrons. The SMILES string of the molecule is CCc1nn(C)cc1CNS(=O)(=O)CCN. The molecule has 3 N–H and O–H groups in total. The molecule has 1 heterocycles. The Labute approximate surface area is 95.9 Å². The lowest BCUT2D eigenvalue weighted by Gasteiger charge is -2.04. The van der Waals surface area contributed by atoms with E-state index < -0.39 is 10.0 Å². The van der Waals surface area contributed by atoms with Gasteiger partial charge in [-0.05, 0) is 6.42 Å². The third-order valence-electron chi connectivity index (χ3n) is 2.20. The molecule has 0 spiro atoms. The van der Waals surface area contributed by atoms with Gasteiger partial charge >= 0.3 is 0 Å². The summed E-state index contributed by atoms with van der Waals surface area (Å²) in [6, 6.07) is 0. The van der Waals surface area contributed by atoms with Crippen molar-refractivity contribution < 1.29 is 8.42 Å². The number of hydrogen-bond donors (Lipinski definition) is 2. The van der Waals surface area contributed by atoms with E-state index in [1.54, 1.807) is 4.68 Å². The molecule has 7 heteroatoms. The molecule has 0 fully saturated rings. The molecule has 0 amide bonds. The van der Waals surface area contributed by atoms with Gasteiger partial charge in [0.2, 0.25) is 10.0 Å². The Balaban J connectivity index is 2.67. The van der Waals surface area contributed by atoms with Gasteiger partial charge in [0.15, 0.2) is 0 Å². The summed E-state index contributed by atoms with van der Waals surface area (Å²) in [5, 5.41) is 4.23. The largest absolute Gasteiger partial charge is 0.329 e. The second-order valence-corrected chi connectivity index (χ2v) is 5.48. The number of rotatable bonds is 6. The first-order chi connectivity index (χ1) is 7.48. The summed E-state index contributed by atoms with van der Waals surface area (Å²) < 4.78 is 27.0. The van der Waals surface area contributed by atoms with Gasteiger partial charge in [-0.3, -0.25) is 4.68 Å². The Morgan fingerprint density at radius 2 is 2.25 bits per heavy atom. The number of aryl methyl sites for hydroxylation is 2. The molecule has 0 aliphatic carbocycles. The summed E-state index contributed by atoms with van der Waals surface area (Å²) in [5.74, 6) is -0.0469. The average molecular weight is 246 g/mol. The smallest absolute Gasteiger partial charge is 0.213 e. The van der Waals surface area contributed by atoms with Crippen LogP contribution in [0.3, 0.4) is 0 Å². The molecule has 0 saturated heterocycles. The standard InChI is InChI=1S/C9H18N4O2S/c1-3-9-8(7-13(2)12-9)6-11-16(14,15)5-4-10/h7,11H,3-6,10H2,1-2H3. The molecule has 0 aliphatic rings. The van der Waals surface area contributed by atoms with Crippen LogP contribution in [0.25, 0.3) is 0 Å². The molecule has 1 aromatic rings. The van der Waals surface area contributed by atoms with Crippen LogP contribution in [0.4, 0.5) is 0 Å². The second-order valence-electron chi connectivity index (χ2n) is 3.56. The molecule has 0 saturated carbocycles. The molecule has 0 bridgehead atoms. The van der Waals surface area contributed by atoms with E-state index in [4.69, 9.17) is 5.73 Å². The number of hydrogen-bond acceptors (Lipinski definition) is 4. The zero-order chi connectivity index (χ0) is 12.2. The van der Waals surface area contributed by atoms with Crippen LogP contribution in [0.15, 0.2) is 6.20 Å². The van der Waals surface area contributed by atoms with Crippen molar-refractivity contribution in [1.29, 1.82) is 0 Å². The first-order valence-electron chi connectivity index (χ1n) is 5.17. The predicted octanol–water partition coefficient (Wildman–Crippen LogP) is -0.639. The fourth-order valence-electron chi connectivity index (χ4n) is 1.44. The molecule has 92 valence electrons. The minimum atomic E-state index is -3.26. The molecule has 0 atom stereocenters. The van der Waals surface area contributed by atoms with E-state index in [2.05, 4.69) is 9.82 Å². The molecule has 0 unspecified atom stereocenters. The first kappa shape index (κ1) is 13.1. The highest BCUT2D eigenvalue weighted by molar-refractivity contribution is 7.89. The zero-order valence-electron chi connectivity index (χ0n) is 9.60. The maximum Gasteiger partial charge on any atom is 0.213 e. The number of nitrogens with zero attached hydrogens (tertiary/aromatic N) is 2. The van der Waals surface area contributed by atoms with Crippen LogP contribution in [0.1, 0.15) is 18.2 Å². The molecule has 0 aromatic carbocycles. The van der Waals surface area contributed by atoms with Crippen LogP contribution in [-0.4, -0.2) is 30.5 Å². The van der Waals surface area contributed by atoms with Crippen LogP contribution in [0.5, 0.6) is 0 Å². The number of nitrogens with one attached hydrogen (secondary N) is 1. The highest BCUT2D eigenvalue weighted by Crippen LogP contribution is 2.07. The van der Waals surface area contributed by atoms with Gasteiger partial charge < -0.3 is 5.73 Å². The minimum absolute atomic E-state index is 0.0469. The van der Waals surface area contributed by atoms with E-state index >= 15 is 0 Å². The van der Waals surface area contributed by atoms with Crippen molar-refractivity contribution in [2.75, 3.05) is 12.3 Å². The van der Waals surface area contributed by atoms with Crippen molar-refractivity contribution in [2.45, 2.75) is 19.9 Å². The van der Waals surface area contributed by atoms with Gasteiger partial charge in [0.1, 0.15) is 0 Å². The minimum Gasteiger partial charge on any atom is -0.329 e. The lowest BCUT2D eigenvalue weighted by atomic mass is 10.2. The highest BCUT2D eigenvalue weighted by atomic mass is 32.2. The summed E-state index contributed by atoms with van der Waals surface area (Å²) in [5.41, 5.74) is 7.03. The second kappa shape index (κ2) is 5.42. The fourth-order valence-corrected chi connectivity index (χ4v) is 2.27. The third kappa shape index (κ3) is 3.58. The molecule has 0 aliphatic heterocycles. The Kier molecular flexibility index (Phi) is 4.45. The first-order valence-corrected chi connectivity index (χ1v) is 6.82. The average Bonchev–Trinajstić information content (AvgIpc) is 2.56. The molecule has 16 heavy (non-hydrogen) atoms. The maximum atomic E-state index is 11.4. The topological polar surface area (TPSA) is 90.0 Å². The third-order valence-corrected chi connectivity index (χ3v) is 3.55. The molecular weight excluding hydrogens is 228 g/mol. The van der Waals surface area contributed by atoms with Crippen molar-refractivity contribution in [3.05, 3.63) is 17.5 Å². The lowest BCUT2D eigenvalue weighted by Crippen LogP contribution is -2.29. The Morgan fingerprint density at radius 1 is 1.56 bits per heavy atom. The van der Waals surface area contributed by atoms with Crippen molar-refractivity contribution >= 4 is 10.0 Å². The van der Waals surface area contributed by atoms with E-state index in [0.717, 1.165) is 17.7 Å². The lowest BCUT2D eigenvalue weighted by molar-refractivity contribution is 0.581. The van der Waals surface area contributed by atoms with Crippen molar-refractivity contribution in [3.8, 4) is 0 Å². The van der Waals surface area contributed by atoms with Gasteiger partial charge in [-0.2, -0.15) is 5.10 Å². The Morgan fingerprint density at radius 3 is 2.81 bits per heavy atom. The quantitative estimate of drug-likeness (QED) is 0.698. The van der Waals surface area contributed by atoms with Crippen molar-refractivity contribution in [3.63, 3.8) is 0 Å². The van der Waals surface area contributed by atoms with Crippen molar-refractivity contribution in [2.24, 2.45) is 12.8 Å². The van der Waals surface area contributed by atoms with E-state index in [-0.39, 0.29) is 18.8 Å².